The molecule has 2 rings (SSSR count). The second kappa shape index (κ2) is 5.91. The summed E-state index contributed by atoms with van der Waals surface area (Å²) in [5.41, 5.74) is 4.15. The summed E-state index contributed by atoms with van der Waals surface area (Å²) >= 11 is 5.73. The van der Waals surface area contributed by atoms with Crippen LogP contribution in [0.1, 0.15) is 17.2 Å². The van der Waals surface area contributed by atoms with Crippen LogP contribution < -0.4 is 11.3 Å². The third kappa shape index (κ3) is 3.04. The number of halogens is 2. The summed E-state index contributed by atoms with van der Waals surface area (Å²) < 4.78 is 13.8. The normalized spacial score (nSPS) is 12.4. The first kappa shape index (κ1) is 13.0. The van der Waals surface area contributed by atoms with Crippen LogP contribution in [0.4, 0.5) is 4.39 Å². The third-order valence-corrected chi connectivity index (χ3v) is 2.96. The molecule has 0 bridgehead atoms. The van der Waals surface area contributed by atoms with Crippen LogP contribution >= 0.6 is 11.6 Å². The van der Waals surface area contributed by atoms with E-state index in [4.69, 9.17) is 17.4 Å². The fraction of sp³-hybridized carbons (Fsp3) is 0.154. The zero-order chi connectivity index (χ0) is 13.0. The number of nitrogens with zero attached hydrogens (tertiary/aromatic N) is 1. The van der Waals surface area contributed by atoms with Gasteiger partial charge in [-0.3, -0.25) is 16.3 Å². The molecule has 0 saturated heterocycles. The van der Waals surface area contributed by atoms with E-state index >= 15 is 0 Å². The van der Waals surface area contributed by atoms with Gasteiger partial charge < -0.3 is 0 Å². The maximum Gasteiger partial charge on any atom is 0.129 e. The highest BCUT2D eigenvalue weighted by atomic mass is 35.5. The van der Waals surface area contributed by atoms with Gasteiger partial charge in [0.25, 0.3) is 0 Å². The van der Waals surface area contributed by atoms with Crippen LogP contribution in [-0.4, -0.2) is 4.98 Å². The van der Waals surface area contributed by atoms with Crippen molar-refractivity contribution in [3.8, 4) is 0 Å². The highest BCUT2D eigenvalue weighted by Gasteiger charge is 2.15. The first-order valence-corrected chi connectivity index (χ1v) is 5.88. The topological polar surface area (TPSA) is 50.9 Å². The van der Waals surface area contributed by atoms with Gasteiger partial charge in [-0.15, -0.1) is 0 Å². The maximum atomic E-state index is 13.8. The summed E-state index contributed by atoms with van der Waals surface area (Å²) in [6.45, 7) is 0. The van der Waals surface area contributed by atoms with E-state index in [-0.39, 0.29) is 11.9 Å². The van der Waals surface area contributed by atoms with Gasteiger partial charge in [0, 0.05) is 23.0 Å². The van der Waals surface area contributed by atoms with E-state index in [1.807, 2.05) is 12.1 Å². The Morgan fingerprint density at radius 1 is 1.28 bits per heavy atom. The fourth-order valence-electron chi connectivity index (χ4n) is 1.80. The van der Waals surface area contributed by atoms with Crippen LogP contribution in [-0.2, 0) is 6.42 Å². The average Bonchev–Trinajstić information content (AvgIpc) is 2.38. The molecule has 0 saturated carbocycles. The van der Waals surface area contributed by atoms with Gasteiger partial charge in [0.15, 0.2) is 0 Å². The van der Waals surface area contributed by atoms with Crippen molar-refractivity contribution in [2.45, 2.75) is 12.5 Å². The Morgan fingerprint density at radius 3 is 2.61 bits per heavy atom. The monoisotopic (exact) mass is 265 g/mol. The van der Waals surface area contributed by atoms with E-state index < -0.39 is 0 Å². The van der Waals surface area contributed by atoms with E-state index in [2.05, 4.69) is 10.4 Å². The molecule has 94 valence electrons. The number of benzene rings is 1. The molecule has 1 unspecified atom stereocenters. The SMILES string of the molecule is NNC(Cc1ccncc1)c1ccc(Cl)cc1F. The molecule has 2 aromatic rings. The second-order valence-corrected chi connectivity index (χ2v) is 4.38. The van der Waals surface area contributed by atoms with Crippen molar-refractivity contribution in [1.82, 2.24) is 10.4 Å². The molecule has 0 aliphatic carbocycles. The van der Waals surface area contributed by atoms with Gasteiger partial charge in [-0.2, -0.15) is 0 Å². The van der Waals surface area contributed by atoms with Crippen LogP contribution in [0.2, 0.25) is 5.02 Å². The molecule has 0 amide bonds. The highest BCUT2D eigenvalue weighted by molar-refractivity contribution is 6.30. The number of hydrogen-bond acceptors (Lipinski definition) is 3. The lowest BCUT2D eigenvalue weighted by molar-refractivity contribution is 0.510. The number of rotatable bonds is 4. The smallest absolute Gasteiger partial charge is 0.129 e. The zero-order valence-corrected chi connectivity index (χ0v) is 10.4. The molecule has 0 spiro atoms. The number of nitrogens with one attached hydrogen (secondary N) is 1. The van der Waals surface area contributed by atoms with Crippen molar-refractivity contribution in [2.75, 3.05) is 0 Å². The first-order chi connectivity index (χ1) is 8.70. The molecule has 1 heterocycles. The van der Waals surface area contributed by atoms with Crippen molar-refractivity contribution in [3.63, 3.8) is 0 Å². The van der Waals surface area contributed by atoms with E-state index in [0.717, 1.165) is 5.56 Å². The average molecular weight is 266 g/mol. The van der Waals surface area contributed by atoms with Gasteiger partial charge in [0.1, 0.15) is 5.82 Å². The fourth-order valence-corrected chi connectivity index (χ4v) is 1.96. The Hall–Kier alpha value is -1.49. The van der Waals surface area contributed by atoms with Gasteiger partial charge in [-0.05, 0) is 36.2 Å². The molecule has 18 heavy (non-hydrogen) atoms. The summed E-state index contributed by atoms with van der Waals surface area (Å²) in [4.78, 5) is 3.94. The predicted octanol–water partition coefficient (Wildman–Crippen LogP) is 2.62. The molecule has 3 N–H and O–H groups in total. The Bertz CT molecular complexity index is 519. The van der Waals surface area contributed by atoms with Crippen molar-refractivity contribution < 1.29 is 4.39 Å². The van der Waals surface area contributed by atoms with Crippen LogP contribution in [0.15, 0.2) is 42.7 Å². The molecule has 0 radical (unpaired) electrons. The summed E-state index contributed by atoms with van der Waals surface area (Å²) in [5.74, 6) is 5.13. The minimum atomic E-state index is -0.362. The Morgan fingerprint density at radius 2 is 2.00 bits per heavy atom. The second-order valence-electron chi connectivity index (χ2n) is 3.94. The molecule has 1 atom stereocenters. The molecular weight excluding hydrogens is 253 g/mol. The predicted molar refractivity (Wildman–Crippen MR) is 69.4 cm³/mol. The van der Waals surface area contributed by atoms with E-state index in [9.17, 15) is 4.39 Å². The van der Waals surface area contributed by atoms with Crippen LogP contribution in [0.25, 0.3) is 0 Å². The summed E-state index contributed by atoms with van der Waals surface area (Å²) in [6, 6.07) is 8.02. The number of hydrogen-bond donors (Lipinski definition) is 2. The van der Waals surface area contributed by atoms with Gasteiger partial charge >= 0.3 is 0 Å². The van der Waals surface area contributed by atoms with Crippen LogP contribution in [0, 0.1) is 5.82 Å². The molecule has 1 aromatic heterocycles. The van der Waals surface area contributed by atoms with Crippen molar-refractivity contribution in [2.24, 2.45) is 5.84 Å². The molecular formula is C13H13ClFN3. The standard InChI is InChI=1S/C13H13ClFN3/c14-10-1-2-11(12(15)8-10)13(18-16)7-9-3-5-17-6-4-9/h1-6,8,13,18H,7,16H2. The molecule has 1 aromatic carbocycles. The molecule has 0 aliphatic heterocycles. The van der Waals surface area contributed by atoms with Gasteiger partial charge in [-0.25, -0.2) is 4.39 Å². The van der Waals surface area contributed by atoms with Crippen molar-refractivity contribution >= 4 is 11.6 Å². The summed E-state index contributed by atoms with van der Waals surface area (Å²) in [7, 11) is 0. The molecule has 3 nitrogen and oxygen atoms in total. The molecule has 0 aliphatic rings. The maximum absolute atomic E-state index is 13.8. The van der Waals surface area contributed by atoms with E-state index in [1.54, 1.807) is 24.5 Å². The zero-order valence-electron chi connectivity index (χ0n) is 9.61. The van der Waals surface area contributed by atoms with Crippen molar-refractivity contribution in [1.29, 1.82) is 0 Å². The lowest BCUT2D eigenvalue weighted by Crippen LogP contribution is -2.30. The first-order valence-electron chi connectivity index (χ1n) is 5.50. The highest BCUT2D eigenvalue weighted by Crippen LogP contribution is 2.23. The number of aromatic nitrogens is 1. The lowest BCUT2D eigenvalue weighted by atomic mass is 10.00. The van der Waals surface area contributed by atoms with Crippen molar-refractivity contribution in [3.05, 3.63) is 64.7 Å². The summed E-state index contributed by atoms with van der Waals surface area (Å²) in [6.07, 6.45) is 3.97. The molecule has 5 heteroatoms. The quantitative estimate of drug-likeness (QED) is 0.660. The van der Waals surface area contributed by atoms with Gasteiger partial charge in [-0.1, -0.05) is 17.7 Å². The summed E-state index contributed by atoms with van der Waals surface area (Å²) in [5, 5.41) is 0.371. The third-order valence-electron chi connectivity index (χ3n) is 2.73. The largest absolute Gasteiger partial charge is 0.271 e. The van der Waals surface area contributed by atoms with Crippen LogP contribution in [0.3, 0.4) is 0 Å². The number of hydrazine groups is 1. The Kier molecular flexibility index (Phi) is 4.25. The minimum absolute atomic E-state index is 0.301. The minimum Gasteiger partial charge on any atom is -0.271 e. The van der Waals surface area contributed by atoms with Crippen LogP contribution in [0.5, 0.6) is 0 Å². The number of pyridine rings is 1. The Balaban J connectivity index is 2.23. The van der Waals surface area contributed by atoms with E-state index in [0.29, 0.717) is 17.0 Å². The number of nitrogens with two attached hydrogens (primary N) is 1. The molecule has 0 fully saturated rings. The Labute approximate surface area is 110 Å². The van der Waals surface area contributed by atoms with Gasteiger partial charge in [0.2, 0.25) is 0 Å². The van der Waals surface area contributed by atoms with E-state index in [1.165, 1.54) is 6.07 Å². The van der Waals surface area contributed by atoms with Gasteiger partial charge in [0.05, 0.1) is 6.04 Å². The lowest BCUT2D eigenvalue weighted by Gasteiger charge is -2.17.